The summed E-state index contributed by atoms with van der Waals surface area (Å²) < 4.78 is 0. The number of hydrogen-bond donors (Lipinski definition) is 2. The van der Waals surface area contributed by atoms with Crippen LogP contribution in [0.4, 0.5) is 0 Å². The first-order chi connectivity index (χ1) is 11.5. The van der Waals surface area contributed by atoms with Crippen molar-refractivity contribution in [3.8, 4) is 5.75 Å². The van der Waals surface area contributed by atoms with Crippen molar-refractivity contribution in [2.75, 3.05) is 13.1 Å². The van der Waals surface area contributed by atoms with Crippen LogP contribution >= 0.6 is 0 Å². The molecule has 0 spiro atoms. The monoisotopic (exact) mass is 325 g/mol. The van der Waals surface area contributed by atoms with Crippen LogP contribution in [0.5, 0.6) is 5.75 Å². The number of benzene rings is 2. The Morgan fingerprint density at radius 2 is 1.96 bits per heavy atom. The van der Waals surface area contributed by atoms with Gasteiger partial charge in [0, 0.05) is 19.1 Å². The second kappa shape index (κ2) is 7.12. The predicted molar refractivity (Wildman–Crippen MR) is 100 cm³/mol. The second-order valence-electron chi connectivity index (χ2n) is 7.02. The van der Waals surface area contributed by atoms with E-state index in [-0.39, 0.29) is 0 Å². The van der Waals surface area contributed by atoms with Crippen LogP contribution in [0.2, 0.25) is 0 Å². The second-order valence-corrected chi connectivity index (χ2v) is 7.02. The molecule has 128 valence electrons. The van der Waals surface area contributed by atoms with Crippen LogP contribution in [-0.4, -0.2) is 35.1 Å². The van der Waals surface area contributed by atoms with Gasteiger partial charge in [0.15, 0.2) is 5.96 Å². The number of aromatic hydroxyl groups is 1. The molecule has 1 fully saturated rings. The SMILES string of the molecule is CCN1CC(CC(C)C)NC1=NCc1ccc2cc(O)ccc2c1. The minimum absolute atomic E-state index is 0.306. The molecule has 1 unspecified atom stereocenters. The summed E-state index contributed by atoms with van der Waals surface area (Å²) in [6, 6.07) is 12.3. The maximum absolute atomic E-state index is 9.55. The number of guanidine groups is 1. The summed E-state index contributed by atoms with van der Waals surface area (Å²) in [4.78, 5) is 7.14. The summed E-state index contributed by atoms with van der Waals surface area (Å²) in [5.41, 5.74) is 1.19. The van der Waals surface area contributed by atoms with Crippen molar-refractivity contribution in [2.24, 2.45) is 10.9 Å². The van der Waals surface area contributed by atoms with Gasteiger partial charge >= 0.3 is 0 Å². The van der Waals surface area contributed by atoms with Crippen molar-refractivity contribution >= 4 is 16.7 Å². The highest BCUT2D eigenvalue weighted by Crippen LogP contribution is 2.21. The maximum atomic E-state index is 9.55. The fourth-order valence-corrected chi connectivity index (χ4v) is 3.35. The van der Waals surface area contributed by atoms with Crippen molar-refractivity contribution < 1.29 is 5.11 Å². The van der Waals surface area contributed by atoms with Gasteiger partial charge in [0.2, 0.25) is 0 Å². The standard InChI is InChI=1S/C20H27N3O/c1-4-23-13-18(9-14(2)3)22-20(23)21-12-15-5-6-17-11-19(24)8-7-16(17)10-15/h5-8,10-11,14,18,24H,4,9,12-13H2,1-3H3,(H,21,22). The fourth-order valence-electron chi connectivity index (χ4n) is 3.35. The molecule has 1 heterocycles. The third kappa shape index (κ3) is 3.81. The summed E-state index contributed by atoms with van der Waals surface area (Å²) in [7, 11) is 0. The van der Waals surface area contributed by atoms with Crippen LogP contribution in [0.15, 0.2) is 41.4 Å². The van der Waals surface area contributed by atoms with Gasteiger partial charge in [-0.05, 0) is 53.8 Å². The van der Waals surface area contributed by atoms with E-state index >= 15 is 0 Å². The molecule has 0 aromatic heterocycles. The third-order valence-electron chi connectivity index (χ3n) is 4.51. The van der Waals surface area contributed by atoms with E-state index < -0.39 is 0 Å². The number of nitrogens with zero attached hydrogens (tertiary/aromatic N) is 2. The Hall–Kier alpha value is -2.23. The Labute approximate surface area is 144 Å². The van der Waals surface area contributed by atoms with Crippen molar-refractivity contribution in [2.45, 2.75) is 39.8 Å². The third-order valence-corrected chi connectivity index (χ3v) is 4.51. The molecule has 2 aromatic rings. The molecule has 0 bridgehead atoms. The number of phenols is 1. The molecule has 0 amide bonds. The minimum atomic E-state index is 0.306. The maximum Gasteiger partial charge on any atom is 0.194 e. The molecule has 0 saturated carbocycles. The van der Waals surface area contributed by atoms with E-state index in [4.69, 9.17) is 4.99 Å². The normalized spacial score (nSPS) is 19.4. The average Bonchev–Trinajstić information content (AvgIpc) is 2.94. The molecule has 24 heavy (non-hydrogen) atoms. The van der Waals surface area contributed by atoms with Crippen molar-refractivity contribution in [1.29, 1.82) is 0 Å². The van der Waals surface area contributed by atoms with E-state index in [0.29, 0.717) is 24.3 Å². The highest BCUT2D eigenvalue weighted by atomic mass is 16.3. The van der Waals surface area contributed by atoms with Crippen LogP contribution in [0.3, 0.4) is 0 Å². The summed E-state index contributed by atoms with van der Waals surface area (Å²) in [6.07, 6.45) is 1.18. The highest BCUT2D eigenvalue weighted by Gasteiger charge is 2.25. The van der Waals surface area contributed by atoms with Gasteiger partial charge in [0.05, 0.1) is 6.54 Å². The lowest BCUT2D eigenvalue weighted by Gasteiger charge is -2.14. The topological polar surface area (TPSA) is 47.9 Å². The van der Waals surface area contributed by atoms with Crippen LogP contribution < -0.4 is 5.32 Å². The van der Waals surface area contributed by atoms with E-state index in [2.05, 4.69) is 43.1 Å². The lowest BCUT2D eigenvalue weighted by Crippen LogP contribution is -2.31. The summed E-state index contributed by atoms with van der Waals surface area (Å²) in [5, 5.41) is 15.3. The van der Waals surface area contributed by atoms with Crippen LogP contribution in [0, 0.1) is 5.92 Å². The molecule has 1 aliphatic heterocycles. The van der Waals surface area contributed by atoms with E-state index in [1.54, 1.807) is 12.1 Å². The Morgan fingerprint density at radius 1 is 1.21 bits per heavy atom. The molecule has 1 aliphatic rings. The number of phenolic OH excluding ortho intramolecular Hbond substituents is 1. The first kappa shape index (κ1) is 16.6. The van der Waals surface area contributed by atoms with Gasteiger partial charge in [-0.3, -0.25) is 0 Å². The molecule has 4 nitrogen and oxygen atoms in total. The fraction of sp³-hybridized carbons (Fsp3) is 0.450. The Morgan fingerprint density at radius 3 is 2.71 bits per heavy atom. The van der Waals surface area contributed by atoms with Crippen LogP contribution in [-0.2, 0) is 6.54 Å². The van der Waals surface area contributed by atoms with E-state index in [0.717, 1.165) is 29.8 Å². The van der Waals surface area contributed by atoms with Crippen molar-refractivity contribution in [3.63, 3.8) is 0 Å². The van der Waals surface area contributed by atoms with Crippen LogP contribution in [0.25, 0.3) is 10.8 Å². The minimum Gasteiger partial charge on any atom is -0.508 e. The number of likely N-dealkylation sites (N-methyl/N-ethyl adjacent to an activating group) is 1. The number of fused-ring (bicyclic) bond motifs is 1. The van der Waals surface area contributed by atoms with Crippen molar-refractivity contribution in [1.82, 2.24) is 10.2 Å². The largest absolute Gasteiger partial charge is 0.508 e. The number of rotatable bonds is 5. The van der Waals surface area contributed by atoms with E-state index in [1.165, 1.54) is 12.0 Å². The zero-order chi connectivity index (χ0) is 17.1. The molecule has 1 saturated heterocycles. The Bertz CT molecular complexity index is 739. The van der Waals surface area contributed by atoms with Gasteiger partial charge in [-0.2, -0.15) is 0 Å². The lowest BCUT2D eigenvalue weighted by molar-refractivity contribution is 0.410. The van der Waals surface area contributed by atoms with Gasteiger partial charge in [0.25, 0.3) is 0 Å². The van der Waals surface area contributed by atoms with Gasteiger partial charge in [-0.1, -0.05) is 32.0 Å². The summed E-state index contributed by atoms with van der Waals surface area (Å²) >= 11 is 0. The molecule has 1 atom stereocenters. The lowest BCUT2D eigenvalue weighted by atomic mass is 10.0. The summed E-state index contributed by atoms with van der Waals surface area (Å²) in [6.45, 7) is 9.41. The number of nitrogens with one attached hydrogen (secondary N) is 1. The smallest absolute Gasteiger partial charge is 0.194 e. The Balaban J connectivity index is 1.73. The first-order valence-corrected chi connectivity index (χ1v) is 8.82. The number of aliphatic imine (C=N–C) groups is 1. The van der Waals surface area contributed by atoms with Crippen LogP contribution in [0.1, 0.15) is 32.8 Å². The zero-order valence-electron chi connectivity index (χ0n) is 14.8. The molecule has 2 aromatic carbocycles. The Kier molecular flexibility index (Phi) is 4.93. The van der Waals surface area contributed by atoms with Gasteiger partial charge in [-0.15, -0.1) is 0 Å². The molecule has 4 heteroatoms. The molecular weight excluding hydrogens is 298 g/mol. The first-order valence-electron chi connectivity index (χ1n) is 8.82. The summed E-state index contributed by atoms with van der Waals surface area (Å²) in [5.74, 6) is 2.02. The van der Waals surface area contributed by atoms with Gasteiger partial charge in [-0.25, -0.2) is 4.99 Å². The highest BCUT2D eigenvalue weighted by molar-refractivity contribution is 5.85. The predicted octanol–water partition coefficient (Wildman–Crippen LogP) is 3.74. The van der Waals surface area contributed by atoms with Gasteiger partial charge in [0.1, 0.15) is 5.75 Å². The molecule has 2 N–H and O–H groups in total. The molecule has 3 rings (SSSR count). The van der Waals surface area contributed by atoms with Crippen molar-refractivity contribution in [3.05, 3.63) is 42.0 Å². The van der Waals surface area contributed by atoms with Gasteiger partial charge < -0.3 is 15.3 Å². The van der Waals surface area contributed by atoms with E-state index in [9.17, 15) is 5.11 Å². The molecular formula is C20H27N3O. The average molecular weight is 325 g/mol. The quantitative estimate of drug-likeness (QED) is 0.880. The molecule has 0 radical (unpaired) electrons. The molecule has 0 aliphatic carbocycles. The zero-order valence-corrected chi connectivity index (χ0v) is 14.8. The van der Waals surface area contributed by atoms with E-state index in [1.807, 2.05) is 12.1 Å². The number of hydrogen-bond acceptors (Lipinski definition) is 2.